The standard InChI is InChI=1S/C18H27N5O2/c1-5-14-19-15-12(4)21-23(6-2)16(15)17(20-14)22-10-8-9-13(11-22)18(24)25-7-3/h13H,5-11H2,1-4H3/t13-/m0/s1. The average Bonchev–Trinajstić information content (AvgIpc) is 2.97. The first-order valence-electron chi connectivity index (χ1n) is 9.24. The molecule has 25 heavy (non-hydrogen) atoms. The second-order valence-electron chi connectivity index (χ2n) is 6.45. The first-order valence-corrected chi connectivity index (χ1v) is 9.24. The summed E-state index contributed by atoms with van der Waals surface area (Å²) in [6.45, 7) is 10.7. The van der Waals surface area contributed by atoms with E-state index in [-0.39, 0.29) is 11.9 Å². The topological polar surface area (TPSA) is 73.1 Å². The third-order valence-electron chi connectivity index (χ3n) is 4.74. The minimum atomic E-state index is -0.103. The predicted molar refractivity (Wildman–Crippen MR) is 96.7 cm³/mol. The molecular formula is C18H27N5O2. The van der Waals surface area contributed by atoms with Crippen LogP contribution in [0.4, 0.5) is 5.82 Å². The Morgan fingerprint density at radius 1 is 1.28 bits per heavy atom. The molecule has 3 heterocycles. The summed E-state index contributed by atoms with van der Waals surface area (Å²) >= 11 is 0. The Morgan fingerprint density at radius 2 is 2.08 bits per heavy atom. The van der Waals surface area contributed by atoms with E-state index in [1.807, 2.05) is 18.5 Å². The molecular weight excluding hydrogens is 318 g/mol. The lowest BCUT2D eigenvalue weighted by Crippen LogP contribution is -2.40. The Morgan fingerprint density at radius 3 is 2.76 bits per heavy atom. The molecule has 0 radical (unpaired) electrons. The van der Waals surface area contributed by atoms with Gasteiger partial charge in [0.1, 0.15) is 16.9 Å². The Hall–Kier alpha value is -2.18. The molecule has 2 aromatic heterocycles. The van der Waals surface area contributed by atoms with Crippen LogP contribution in [0.1, 0.15) is 45.1 Å². The van der Waals surface area contributed by atoms with Gasteiger partial charge in [-0.2, -0.15) is 5.10 Å². The number of carbonyl (C=O) groups excluding carboxylic acids is 1. The molecule has 1 fully saturated rings. The van der Waals surface area contributed by atoms with E-state index in [9.17, 15) is 4.79 Å². The Kier molecular flexibility index (Phi) is 5.20. The van der Waals surface area contributed by atoms with E-state index in [1.54, 1.807) is 0 Å². The van der Waals surface area contributed by atoms with E-state index in [0.29, 0.717) is 13.2 Å². The van der Waals surface area contributed by atoms with Crippen LogP contribution >= 0.6 is 0 Å². The first-order chi connectivity index (χ1) is 12.1. The number of anilines is 1. The summed E-state index contributed by atoms with van der Waals surface area (Å²) in [6, 6.07) is 0. The van der Waals surface area contributed by atoms with Crippen LogP contribution < -0.4 is 4.90 Å². The Balaban J connectivity index is 2.03. The predicted octanol–water partition coefficient (Wildman–Crippen LogP) is 2.50. The normalized spacial score (nSPS) is 17.9. The van der Waals surface area contributed by atoms with E-state index in [4.69, 9.17) is 9.72 Å². The number of nitrogens with zero attached hydrogens (tertiary/aromatic N) is 5. The van der Waals surface area contributed by atoms with Crippen molar-refractivity contribution in [2.24, 2.45) is 5.92 Å². The van der Waals surface area contributed by atoms with Crippen LogP contribution in [0.3, 0.4) is 0 Å². The molecule has 1 saturated heterocycles. The number of ether oxygens (including phenoxy) is 1. The highest BCUT2D eigenvalue weighted by atomic mass is 16.5. The molecule has 7 heteroatoms. The number of rotatable bonds is 5. The van der Waals surface area contributed by atoms with Crippen molar-refractivity contribution in [3.8, 4) is 0 Å². The van der Waals surface area contributed by atoms with Gasteiger partial charge < -0.3 is 9.64 Å². The first kappa shape index (κ1) is 17.6. The van der Waals surface area contributed by atoms with E-state index < -0.39 is 0 Å². The smallest absolute Gasteiger partial charge is 0.310 e. The van der Waals surface area contributed by atoms with Crippen molar-refractivity contribution in [1.29, 1.82) is 0 Å². The van der Waals surface area contributed by atoms with Crippen molar-refractivity contribution in [3.63, 3.8) is 0 Å². The van der Waals surface area contributed by atoms with Gasteiger partial charge in [0.05, 0.1) is 18.2 Å². The van der Waals surface area contributed by atoms with Gasteiger partial charge in [-0.1, -0.05) is 6.92 Å². The third kappa shape index (κ3) is 3.32. The van der Waals surface area contributed by atoms with Gasteiger partial charge in [-0.25, -0.2) is 9.97 Å². The van der Waals surface area contributed by atoms with E-state index in [2.05, 4.69) is 28.8 Å². The fourth-order valence-corrected chi connectivity index (χ4v) is 3.49. The van der Waals surface area contributed by atoms with Crippen LogP contribution in [0.5, 0.6) is 0 Å². The molecule has 0 amide bonds. The fourth-order valence-electron chi connectivity index (χ4n) is 3.49. The zero-order chi connectivity index (χ0) is 18.0. The monoisotopic (exact) mass is 345 g/mol. The van der Waals surface area contributed by atoms with Gasteiger partial charge in [-0.3, -0.25) is 9.48 Å². The number of fused-ring (bicyclic) bond motifs is 1. The van der Waals surface area contributed by atoms with E-state index in [0.717, 1.165) is 60.7 Å². The van der Waals surface area contributed by atoms with Gasteiger partial charge in [-0.05, 0) is 33.6 Å². The van der Waals surface area contributed by atoms with Crippen molar-refractivity contribution in [3.05, 3.63) is 11.5 Å². The highest BCUT2D eigenvalue weighted by Crippen LogP contribution is 2.30. The van der Waals surface area contributed by atoms with Gasteiger partial charge in [0.2, 0.25) is 0 Å². The average molecular weight is 345 g/mol. The summed E-state index contributed by atoms with van der Waals surface area (Å²) < 4.78 is 7.20. The molecule has 0 aliphatic carbocycles. The lowest BCUT2D eigenvalue weighted by molar-refractivity contribution is -0.148. The maximum atomic E-state index is 12.2. The van der Waals surface area contributed by atoms with Gasteiger partial charge in [0, 0.05) is 26.1 Å². The summed E-state index contributed by atoms with van der Waals surface area (Å²) in [7, 11) is 0. The third-order valence-corrected chi connectivity index (χ3v) is 4.74. The summed E-state index contributed by atoms with van der Waals surface area (Å²) in [6.07, 6.45) is 2.60. The molecule has 1 aliphatic heterocycles. The molecule has 3 rings (SSSR count). The van der Waals surface area contributed by atoms with Gasteiger partial charge in [0.25, 0.3) is 0 Å². The SMILES string of the molecule is CCOC(=O)[C@H]1CCCN(c2nc(CC)nc3c(C)nn(CC)c23)C1. The summed E-state index contributed by atoms with van der Waals surface area (Å²) in [4.78, 5) is 23.9. The van der Waals surface area contributed by atoms with Gasteiger partial charge in [-0.15, -0.1) is 0 Å². The van der Waals surface area contributed by atoms with Gasteiger partial charge >= 0.3 is 5.97 Å². The second-order valence-corrected chi connectivity index (χ2v) is 6.45. The molecule has 0 unspecified atom stereocenters. The molecule has 2 aromatic rings. The number of esters is 1. The quantitative estimate of drug-likeness (QED) is 0.775. The summed E-state index contributed by atoms with van der Waals surface area (Å²) in [5.74, 6) is 1.52. The number of hydrogen-bond donors (Lipinski definition) is 0. The highest BCUT2D eigenvalue weighted by Gasteiger charge is 2.30. The number of carbonyl (C=O) groups is 1. The molecule has 7 nitrogen and oxygen atoms in total. The molecule has 0 bridgehead atoms. The molecule has 1 aliphatic rings. The molecule has 0 aromatic carbocycles. The van der Waals surface area contributed by atoms with Crippen molar-refractivity contribution in [1.82, 2.24) is 19.7 Å². The Bertz CT molecular complexity index is 770. The zero-order valence-corrected chi connectivity index (χ0v) is 15.6. The van der Waals surface area contributed by atoms with Crippen molar-refractivity contribution in [2.45, 2.75) is 53.5 Å². The largest absolute Gasteiger partial charge is 0.466 e. The molecule has 0 N–H and O–H groups in total. The van der Waals surface area contributed by atoms with Crippen molar-refractivity contribution < 1.29 is 9.53 Å². The minimum absolute atomic E-state index is 0.0945. The van der Waals surface area contributed by atoms with Crippen LogP contribution in [0.25, 0.3) is 11.0 Å². The number of aryl methyl sites for hydroxylation is 3. The Labute approximate surface area is 148 Å². The van der Waals surface area contributed by atoms with Crippen LogP contribution in [0.15, 0.2) is 0 Å². The minimum Gasteiger partial charge on any atom is -0.466 e. The molecule has 0 spiro atoms. The summed E-state index contributed by atoms with van der Waals surface area (Å²) in [5.41, 5.74) is 2.82. The number of hydrogen-bond acceptors (Lipinski definition) is 6. The van der Waals surface area contributed by atoms with Crippen LogP contribution in [0, 0.1) is 12.8 Å². The van der Waals surface area contributed by atoms with Crippen LogP contribution in [-0.4, -0.2) is 45.4 Å². The maximum absolute atomic E-state index is 12.2. The zero-order valence-electron chi connectivity index (χ0n) is 15.6. The molecule has 0 saturated carbocycles. The van der Waals surface area contributed by atoms with Crippen LogP contribution in [0.2, 0.25) is 0 Å². The van der Waals surface area contributed by atoms with E-state index >= 15 is 0 Å². The molecule has 136 valence electrons. The maximum Gasteiger partial charge on any atom is 0.310 e. The highest BCUT2D eigenvalue weighted by molar-refractivity contribution is 5.88. The van der Waals surface area contributed by atoms with Crippen molar-refractivity contribution in [2.75, 3.05) is 24.6 Å². The fraction of sp³-hybridized carbons (Fsp3) is 0.667. The number of piperidine rings is 1. The lowest BCUT2D eigenvalue weighted by atomic mass is 9.98. The second kappa shape index (κ2) is 7.37. The number of aromatic nitrogens is 4. The molecule has 1 atom stereocenters. The van der Waals surface area contributed by atoms with Crippen LogP contribution in [-0.2, 0) is 22.5 Å². The lowest BCUT2D eigenvalue weighted by Gasteiger charge is -2.33. The van der Waals surface area contributed by atoms with Crippen molar-refractivity contribution >= 4 is 22.8 Å². The van der Waals surface area contributed by atoms with E-state index in [1.165, 1.54) is 0 Å². The summed E-state index contributed by atoms with van der Waals surface area (Å²) in [5, 5.41) is 4.62. The van der Waals surface area contributed by atoms with Gasteiger partial charge in [0.15, 0.2) is 5.82 Å².